The standard InChI is InChI=1S/C20H24F3N3O2S.2C2H6/c1-6-16(19(4,5)11-13(2)3)18-25-17(20(21,22)23)12-26(18)14-7-9-15(10-8-14)29(24,27)28;2*1-2/h6-10,12H,2,11H2,1,3-5H3,(H2,24,27,28);2*1-2H3/b16-6-;;. The van der Waals surface area contributed by atoms with Gasteiger partial charge in [0.15, 0.2) is 5.69 Å². The van der Waals surface area contributed by atoms with Crippen LogP contribution in [-0.2, 0) is 16.2 Å². The lowest BCUT2D eigenvalue weighted by Crippen LogP contribution is -2.17. The summed E-state index contributed by atoms with van der Waals surface area (Å²) < 4.78 is 64.4. The van der Waals surface area contributed by atoms with Crippen LogP contribution in [0, 0.1) is 5.41 Å². The number of alkyl halides is 3. The number of primary sulfonamides is 1. The van der Waals surface area contributed by atoms with Crippen LogP contribution in [0.1, 0.15) is 73.3 Å². The Labute approximate surface area is 196 Å². The van der Waals surface area contributed by atoms with Gasteiger partial charge in [-0.2, -0.15) is 13.2 Å². The topological polar surface area (TPSA) is 78.0 Å². The van der Waals surface area contributed by atoms with Crippen molar-refractivity contribution in [1.82, 2.24) is 9.55 Å². The molecule has 1 aromatic heterocycles. The first-order valence-electron chi connectivity index (χ1n) is 10.8. The van der Waals surface area contributed by atoms with E-state index in [1.54, 1.807) is 13.0 Å². The number of hydrogen-bond donors (Lipinski definition) is 1. The Morgan fingerprint density at radius 3 is 1.97 bits per heavy atom. The van der Waals surface area contributed by atoms with Crippen LogP contribution in [0.4, 0.5) is 13.2 Å². The molecule has 0 spiro atoms. The maximum atomic E-state index is 13.4. The largest absolute Gasteiger partial charge is 0.434 e. The van der Waals surface area contributed by atoms with Crippen LogP contribution in [0.3, 0.4) is 0 Å². The molecule has 0 saturated carbocycles. The molecule has 0 atom stereocenters. The predicted molar refractivity (Wildman–Crippen MR) is 129 cm³/mol. The van der Waals surface area contributed by atoms with E-state index in [-0.39, 0.29) is 10.7 Å². The number of nitrogens with two attached hydrogens (primary N) is 1. The van der Waals surface area contributed by atoms with E-state index in [9.17, 15) is 21.6 Å². The highest BCUT2D eigenvalue weighted by Gasteiger charge is 2.37. The molecule has 0 bridgehead atoms. The predicted octanol–water partition coefficient (Wildman–Crippen LogP) is 6.99. The van der Waals surface area contributed by atoms with Gasteiger partial charge in [0.05, 0.1) is 4.90 Å². The van der Waals surface area contributed by atoms with Crippen molar-refractivity contribution >= 4 is 15.6 Å². The van der Waals surface area contributed by atoms with E-state index in [4.69, 9.17) is 5.14 Å². The lowest BCUT2D eigenvalue weighted by Gasteiger charge is -2.28. The molecule has 9 heteroatoms. The molecule has 2 aromatic rings. The molecule has 1 aromatic carbocycles. The highest BCUT2D eigenvalue weighted by Crippen LogP contribution is 2.41. The van der Waals surface area contributed by atoms with E-state index in [1.807, 2.05) is 48.5 Å². The summed E-state index contributed by atoms with van der Waals surface area (Å²) in [5.74, 6) is 0.134. The quantitative estimate of drug-likeness (QED) is 0.446. The second-order valence-corrected chi connectivity index (χ2v) is 9.14. The molecule has 1 heterocycles. The first-order chi connectivity index (χ1) is 15.2. The molecule has 0 aliphatic rings. The lowest BCUT2D eigenvalue weighted by atomic mass is 9.78. The van der Waals surface area contributed by atoms with Gasteiger partial charge in [0.25, 0.3) is 0 Å². The normalized spacial score (nSPS) is 12.3. The maximum Gasteiger partial charge on any atom is 0.434 e. The van der Waals surface area contributed by atoms with Crippen molar-refractivity contribution in [2.45, 2.75) is 72.9 Å². The van der Waals surface area contributed by atoms with E-state index in [0.29, 0.717) is 17.7 Å². The zero-order valence-corrected chi connectivity index (χ0v) is 21.5. The van der Waals surface area contributed by atoms with Gasteiger partial charge in [-0.1, -0.05) is 53.2 Å². The molecular weight excluding hydrogens is 451 g/mol. The number of halogens is 3. The summed E-state index contributed by atoms with van der Waals surface area (Å²) in [6, 6.07) is 5.28. The van der Waals surface area contributed by atoms with Gasteiger partial charge in [-0.15, -0.1) is 6.58 Å². The van der Waals surface area contributed by atoms with Crippen LogP contribution < -0.4 is 5.14 Å². The fraction of sp³-hybridized carbons (Fsp3) is 0.458. The zero-order chi connectivity index (χ0) is 26.2. The third kappa shape index (κ3) is 8.16. The molecule has 33 heavy (non-hydrogen) atoms. The Morgan fingerprint density at radius 1 is 1.12 bits per heavy atom. The van der Waals surface area contributed by atoms with Gasteiger partial charge in [-0.25, -0.2) is 18.5 Å². The van der Waals surface area contributed by atoms with Crippen molar-refractivity contribution in [2.75, 3.05) is 0 Å². The molecule has 0 amide bonds. The number of aromatic nitrogens is 2. The molecule has 0 aliphatic carbocycles. The molecule has 0 fully saturated rings. The minimum Gasteiger partial charge on any atom is -0.299 e. The number of benzene rings is 1. The average Bonchev–Trinajstić information content (AvgIpc) is 3.15. The fourth-order valence-corrected chi connectivity index (χ4v) is 3.89. The molecule has 0 aliphatic heterocycles. The highest BCUT2D eigenvalue weighted by molar-refractivity contribution is 7.89. The van der Waals surface area contributed by atoms with Crippen molar-refractivity contribution in [3.05, 3.63) is 60.2 Å². The van der Waals surface area contributed by atoms with Crippen LogP contribution in [-0.4, -0.2) is 18.0 Å². The Kier molecular flexibility index (Phi) is 11.3. The molecule has 2 N–H and O–H groups in total. The smallest absolute Gasteiger partial charge is 0.299 e. The Hall–Kier alpha value is -2.39. The number of allylic oxidation sites excluding steroid dienone is 3. The van der Waals surface area contributed by atoms with Crippen molar-refractivity contribution < 1.29 is 21.6 Å². The van der Waals surface area contributed by atoms with Crippen molar-refractivity contribution in [1.29, 1.82) is 0 Å². The van der Waals surface area contributed by atoms with E-state index < -0.39 is 27.3 Å². The number of imidazole rings is 1. The first-order valence-corrected chi connectivity index (χ1v) is 12.3. The van der Waals surface area contributed by atoms with Gasteiger partial charge in [0.2, 0.25) is 10.0 Å². The molecular formula is C24H36F3N3O2S. The summed E-state index contributed by atoms with van der Waals surface area (Å²) >= 11 is 0. The second kappa shape index (κ2) is 12.2. The molecule has 186 valence electrons. The third-order valence-electron chi connectivity index (χ3n) is 4.44. The van der Waals surface area contributed by atoms with Gasteiger partial charge in [0.1, 0.15) is 5.82 Å². The van der Waals surface area contributed by atoms with Gasteiger partial charge in [-0.05, 0) is 55.5 Å². The number of rotatable bonds is 6. The number of nitrogens with zero attached hydrogens (tertiary/aromatic N) is 2. The molecule has 2 rings (SSSR count). The minimum atomic E-state index is -4.63. The van der Waals surface area contributed by atoms with E-state index in [2.05, 4.69) is 11.6 Å². The Balaban J connectivity index is 0.00000242. The molecule has 0 unspecified atom stereocenters. The van der Waals surface area contributed by atoms with Crippen molar-refractivity contribution in [3.63, 3.8) is 0 Å². The van der Waals surface area contributed by atoms with Crippen molar-refractivity contribution in [2.24, 2.45) is 10.6 Å². The summed E-state index contributed by atoms with van der Waals surface area (Å²) in [7, 11) is -3.91. The third-order valence-corrected chi connectivity index (χ3v) is 5.37. The SMILES string of the molecule is C=C(C)CC(C)(C)/C(=C\C)c1nc(C(F)(F)F)cn1-c1ccc(S(N)(=O)=O)cc1.CC.CC. The van der Waals surface area contributed by atoms with Gasteiger partial charge in [-0.3, -0.25) is 4.57 Å². The summed E-state index contributed by atoms with van der Waals surface area (Å²) in [5, 5.41) is 5.10. The monoisotopic (exact) mass is 487 g/mol. The van der Waals surface area contributed by atoms with Crippen LogP contribution in [0.5, 0.6) is 0 Å². The van der Waals surface area contributed by atoms with E-state index >= 15 is 0 Å². The average molecular weight is 488 g/mol. The van der Waals surface area contributed by atoms with Crippen LogP contribution in [0.15, 0.2) is 53.6 Å². The zero-order valence-electron chi connectivity index (χ0n) is 20.7. The lowest BCUT2D eigenvalue weighted by molar-refractivity contribution is -0.140. The Morgan fingerprint density at radius 2 is 1.61 bits per heavy atom. The van der Waals surface area contributed by atoms with Gasteiger partial charge >= 0.3 is 6.18 Å². The van der Waals surface area contributed by atoms with Crippen LogP contribution in [0.2, 0.25) is 0 Å². The fourth-order valence-electron chi connectivity index (χ4n) is 3.37. The number of hydrogen-bond acceptors (Lipinski definition) is 3. The minimum absolute atomic E-state index is 0.132. The summed E-state index contributed by atoms with van der Waals surface area (Å²) in [6.45, 7) is 19.3. The summed E-state index contributed by atoms with van der Waals surface area (Å²) in [4.78, 5) is 3.74. The Bertz CT molecular complexity index is 1050. The van der Waals surface area contributed by atoms with E-state index in [0.717, 1.165) is 11.8 Å². The van der Waals surface area contributed by atoms with Gasteiger partial charge in [0, 0.05) is 11.9 Å². The first kappa shape index (κ1) is 30.6. The van der Waals surface area contributed by atoms with Crippen LogP contribution >= 0.6 is 0 Å². The summed E-state index contributed by atoms with van der Waals surface area (Å²) in [5.41, 5.74) is 0.287. The number of sulfonamides is 1. The molecule has 0 saturated heterocycles. The maximum absolute atomic E-state index is 13.4. The van der Waals surface area contributed by atoms with Gasteiger partial charge < -0.3 is 0 Å². The van der Waals surface area contributed by atoms with E-state index in [1.165, 1.54) is 28.8 Å². The molecule has 0 radical (unpaired) electrons. The van der Waals surface area contributed by atoms with Crippen molar-refractivity contribution in [3.8, 4) is 5.69 Å². The summed E-state index contributed by atoms with van der Waals surface area (Å²) in [6.07, 6.45) is -1.43. The highest BCUT2D eigenvalue weighted by atomic mass is 32.2. The molecule has 5 nitrogen and oxygen atoms in total. The van der Waals surface area contributed by atoms with Crippen LogP contribution in [0.25, 0.3) is 11.3 Å². The second-order valence-electron chi connectivity index (χ2n) is 7.58.